The molecule has 0 bridgehead atoms. The van der Waals surface area contributed by atoms with Gasteiger partial charge < -0.3 is 20.3 Å². The van der Waals surface area contributed by atoms with E-state index in [1.54, 1.807) is 6.07 Å². The highest BCUT2D eigenvalue weighted by atomic mass is 32.2. The van der Waals surface area contributed by atoms with Gasteiger partial charge in [-0.2, -0.15) is 4.98 Å². The molecular formula is C28H34N4O6S. The van der Waals surface area contributed by atoms with Crippen molar-refractivity contribution in [2.75, 3.05) is 11.3 Å². The van der Waals surface area contributed by atoms with Crippen molar-refractivity contribution in [2.45, 2.75) is 69.6 Å². The van der Waals surface area contributed by atoms with E-state index in [-0.39, 0.29) is 46.6 Å². The van der Waals surface area contributed by atoms with Crippen LogP contribution in [0.15, 0.2) is 53.4 Å². The highest BCUT2D eigenvalue weighted by Gasteiger charge is 2.32. The van der Waals surface area contributed by atoms with Crippen molar-refractivity contribution < 1.29 is 27.8 Å². The summed E-state index contributed by atoms with van der Waals surface area (Å²) in [5, 5.41) is 9.26. The zero-order valence-electron chi connectivity index (χ0n) is 22.5. The number of nitrogens with two attached hydrogens (primary N) is 1. The highest BCUT2D eigenvalue weighted by molar-refractivity contribution is 7.92. The Labute approximate surface area is 228 Å². The Hall–Kier alpha value is -3.54. The number of rotatable bonds is 10. The minimum Gasteiger partial charge on any atom is -0.478 e. The molecule has 4 rings (SSSR count). The van der Waals surface area contributed by atoms with Crippen LogP contribution in [0.2, 0.25) is 0 Å². The largest absolute Gasteiger partial charge is 0.478 e. The molecular weight excluding hydrogens is 520 g/mol. The number of hydrogen-bond donors (Lipinski definition) is 3. The zero-order chi connectivity index (χ0) is 28.4. The molecule has 0 unspecified atom stereocenters. The summed E-state index contributed by atoms with van der Waals surface area (Å²) in [7, 11) is -4.20. The third kappa shape index (κ3) is 7.11. The summed E-state index contributed by atoms with van der Waals surface area (Å²) in [6, 6.07) is 12.2. The summed E-state index contributed by atoms with van der Waals surface area (Å²) in [5.74, 6) is -1.29. The maximum atomic E-state index is 13.1. The van der Waals surface area contributed by atoms with Crippen molar-refractivity contribution >= 4 is 21.9 Å². The van der Waals surface area contributed by atoms with Crippen molar-refractivity contribution in [3.63, 3.8) is 0 Å². The number of aromatic carboxylic acids is 1. The van der Waals surface area contributed by atoms with Crippen LogP contribution in [0.3, 0.4) is 0 Å². The van der Waals surface area contributed by atoms with Gasteiger partial charge in [0.25, 0.3) is 10.0 Å². The summed E-state index contributed by atoms with van der Waals surface area (Å²) < 4.78 is 40.6. The second-order valence-corrected chi connectivity index (χ2v) is 12.1. The quantitative estimate of drug-likeness (QED) is 0.332. The van der Waals surface area contributed by atoms with Crippen molar-refractivity contribution in [1.29, 1.82) is 0 Å². The molecule has 2 atom stereocenters. The lowest BCUT2D eigenvalue weighted by Gasteiger charge is -2.21. The van der Waals surface area contributed by atoms with Gasteiger partial charge in [-0.05, 0) is 76.3 Å². The molecule has 1 aromatic heterocycles. The maximum Gasteiger partial charge on any atom is 0.335 e. The van der Waals surface area contributed by atoms with Gasteiger partial charge in [0.1, 0.15) is 6.61 Å². The Morgan fingerprint density at radius 3 is 2.51 bits per heavy atom. The average molecular weight is 555 g/mol. The molecule has 1 saturated heterocycles. The summed E-state index contributed by atoms with van der Waals surface area (Å²) in [6.45, 7) is 8.14. The van der Waals surface area contributed by atoms with Gasteiger partial charge in [-0.15, -0.1) is 0 Å². The Morgan fingerprint density at radius 2 is 1.87 bits per heavy atom. The Balaban J connectivity index is 1.61. The topological polar surface area (TPSA) is 154 Å². The smallest absolute Gasteiger partial charge is 0.335 e. The number of aryl methyl sites for hydroxylation is 2. The number of aromatic nitrogens is 2. The minimum atomic E-state index is -4.20. The minimum absolute atomic E-state index is 0.0538. The average Bonchev–Trinajstić information content (AvgIpc) is 3.20. The van der Waals surface area contributed by atoms with Crippen LogP contribution in [0.5, 0.6) is 5.88 Å². The number of sulfonamides is 1. The molecule has 1 aliphatic rings. The van der Waals surface area contributed by atoms with Crippen LogP contribution < -0.4 is 15.2 Å². The fraction of sp³-hybridized carbons (Fsp3) is 0.393. The Morgan fingerprint density at radius 1 is 1.18 bits per heavy atom. The summed E-state index contributed by atoms with van der Waals surface area (Å²) in [6.07, 6.45) is 2.57. The maximum absolute atomic E-state index is 13.1. The lowest BCUT2D eigenvalue weighted by molar-refractivity contribution is -0.0221. The zero-order valence-corrected chi connectivity index (χ0v) is 23.3. The molecule has 208 valence electrons. The van der Waals surface area contributed by atoms with E-state index in [0.717, 1.165) is 35.6 Å². The monoisotopic (exact) mass is 554 g/mol. The fourth-order valence-electron chi connectivity index (χ4n) is 4.71. The third-order valence-corrected chi connectivity index (χ3v) is 7.95. The molecule has 0 spiro atoms. The first-order valence-electron chi connectivity index (χ1n) is 12.7. The van der Waals surface area contributed by atoms with Gasteiger partial charge in [-0.1, -0.05) is 24.3 Å². The van der Waals surface area contributed by atoms with E-state index < -0.39 is 16.0 Å². The van der Waals surface area contributed by atoms with Gasteiger partial charge in [0, 0.05) is 17.7 Å². The van der Waals surface area contributed by atoms with Crippen LogP contribution >= 0.6 is 0 Å². The SMILES string of the molecule is Cc1cccc(C)c1-c1cc(OC[C@H](N)C[C@H]2CCC(C)(C)O2)nc(NS(=O)(=O)c2cccc(C(=O)O)c2)n1. The van der Waals surface area contributed by atoms with Crippen LogP contribution in [-0.4, -0.2) is 53.8 Å². The molecule has 10 nitrogen and oxygen atoms in total. The van der Waals surface area contributed by atoms with E-state index in [1.807, 2.05) is 32.0 Å². The molecule has 2 aromatic carbocycles. The highest BCUT2D eigenvalue weighted by Crippen LogP contribution is 2.32. The van der Waals surface area contributed by atoms with Crippen molar-refractivity contribution in [3.05, 3.63) is 65.2 Å². The van der Waals surface area contributed by atoms with Gasteiger partial charge in [0.15, 0.2) is 0 Å². The van der Waals surface area contributed by atoms with Crippen molar-refractivity contribution in [1.82, 2.24) is 9.97 Å². The summed E-state index contributed by atoms with van der Waals surface area (Å²) in [4.78, 5) is 19.9. The number of carboxylic acid groups (broad SMARTS) is 1. The van der Waals surface area contributed by atoms with Crippen molar-refractivity contribution in [3.8, 4) is 17.1 Å². The lowest BCUT2D eigenvalue weighted by Crippen LogP contribution is -2.33. The second-order valence-electron chi connectivity index (χ2n) is 10.5. The van der Waals surface area contributed by atoms with Gasteiger partial charge in [0.2, 0.25) is 11.8 Å². The van der Waals surface area contributed by atoms with Crippen LogP contribution in [0.4, 0.5) is 5.95 Å². The van der Waals surface area contributed by atoms with Crippen molar-refractivity contribution in [2.24, 2.45) is 5.73 Å². The van der Waals surface area contributed by atoms with Gasteiger partial charge in [-0.3, -0.25) is 0 Å². The standard InChI is InChI=1S/C28H34N4O6S/c1-17-7-5-8-18(2)25(17)23-15-24(37-16-20(29)14-21-11-12-28(3,4)38-21)31-27(30-23)32-39(35,36)22-10-6-9-19(13-22)26(33)34/h5-10,13,15,20-21H,11-12,14,16,29H2,1-4H3,(H,33,34)(H,30,31,32)/t20-,21-/m1/s1. The molecule has 0 saturated carbocycles. The van der Waals surface area contributed by atoms with E-state index >= 15 is 0 Å². The Bertz CT molecular complexity index is 1450. The predicted molar refractivity (Wildman–Crippen MR) is 147 cm³/mol. The lowest BCUT2D eigenvalue weighted by atomic mass is 10.00. The molecule has 3 aromatic rings. The fourth-order valence-corrected chi connectivity index (χ4v) is 5.70. The number of nitrogens with one attached hydrogen (secondary N) is 1. The van der Waals surface area contributed by atoms with E-state index in [9.17, 15) is 18.3 Å². The molecule has 0 amide bonds. The van der Waals surface area contributed by atoms with Crippen LogP contribution in [0.25, 0.3) is 11.3 Å². The number of carbonyl (C=O) groups is 1. The van der Waals surface area contributed by atoms with Gasteiger partial charge in [0.05, 0.1) is 27.9 Å². The number of nitrogens with zero attached hydrogens (tertiary/aromatic N) is 2. The van der Waals surface area contributed by atoms with Gasteiger partial charge >= 0.3 is 5.97 Å². The number of anilines is 1. The molecule has 4 N–H and O–H groups in total. The molecule has 39 heavy (non-hydrogen) atoms. The summed E-state index contributed by atoms with van der Waals surface area (Å²) in [5.41, 5.74) is 9.21. The molecule has 1 aliphatic heterocycles. The Kier molecular flexibility index (Phi) is 8.24. The third-order valence-electron chi connectivity index (χ3n) is 6.62. The summed E-state index contributed by atoms with van der Waals surface area (Å²) >= 11 is 0. The van der Waals surface area contributed by atoms with E-state index in [4.69, 9.17) is 15.2 Å². The van der Waals surface area contributed by atoms with Crippen LogP contribution in [-0.2, 0) is 14.8 Å². The van der Waals surface area contributed by atoms with E-state index in [0.29, 0.717) is 12.1 Å². The van der Waals surface area contributed by atoms with Crippen LogP contribution in [0.1, 0.15) is 54.6 Å². The first kappa shape index (κ1) is 28.5. The van der Waals surface area contributed by atoms with Gasteiger partial charge in [-0.25, -0.2) is 22.9 Å². The predicted octanol–water partition coefficient (Wildman–Crippen LogP) is 4.31. The molecule has 2 heterocycles. The molecule has 1 fully saturated rings. The number of benzene rings is 2. The first-order valence-corrected chi connectivity index (χ1v) is 14.2. The van der Waals surface area contributed by atoms with E-state index in [1.165, 1.54) is 18.2 Å². The van der Waals surface area contributed by atoms with E-state index in [2.05, 4.69) is 28.5 Å². The molecule has 0 radical (unpaired) electrons. The number of hydrogen-bond acceptors (Lipinski definition) is 8. The number of carboxylic acids is 1. The van der Waals surface area contributed by atoms with Crippen LogP contribution in [0, 0.1) is 13.8 Å². The first-order chi connectivity index (χ1) is 18.3. The normalized spacial score (nSPS) is 17.5. The number of ether oxygens (including phenoxy) is 2. The molecule has 11 heteroatoms. The molecule has 0 aliphatic carbocycles. The second kappa shape index (κ2) is 11.3.